The molecule has 120 valence electrons. The van der Waals surface area contributed by atoms with Crippen LogP contribution in [-0.4, -0.2) is 33.7 Å². The molecular weight excluding hydrogens is 302 g/mol. The lowest BCUT2D eigenvalue weighted by molar-refractivity contribution is 0.0932. The lowest BCUT2D eigenvalue weighted by atomic mass is 9.90. The summed E-state index contributed by atoms with van der Waals surface area (Å²) >= 11 is 1.23. The standard InChI is InChI=1S/C15H21N3O3S/c1-9-10-13(17-8-18(4)14(10)21)22-11(9)12(20)16-7-15(2,3)5-6-19/h8,19H,5-7H2,1-4H3,(H,16,20). The SMILES string of the molecule is Cc1c(C(=O)NCC(C)(C)CCO)sc2ncn(C)c(=O)c12. The fourth-order valence-corrected chi connectivity index (χ4v) is 3.27. The Kier molecular flexibility index (Phi) is 4.67. The van der Waals surface area contributed by atoms with Gasteiger partial charge in [-0.25, -0.2) is 4.98 Å². The van der Waals surface area contributed by atoms with Crippen molar-refractivity contribution in [2.45, 2.75) is 27.2 Å². The van der Waals surface area contributed by atoms with Gasteiger partial charge in [-0.05, 0) is 24.3 Å². The maximum Gasteiger partial charge on any atom is 0.262 e. The van der Waals surface area contributed by atoms with Gasteiger partial charge in [0, 0.05) is 20.2 Å². The largest absolute Gasteiger partial charge is 0.396 e. The average Bonchev–Trinajstić information content (AvgIpc) is 2.78. The van der Waals surface area contributed by atoms with Gasteiger partial charge in [0.1, 0.15) is 4.83 Å². The molecule has 0 unspecified atom stereocenters. The van der Waals surface area contributed by atoms with Crippen molar-refractivity contribution in [3.63, 3.8) is 0 Å². The molecule has 2 N–H and O–H groups in total. The highest BCUT2D eigenvalue weighted by molar-refractivity contribution is 7.20. The normalized spacial score (nSPS) is 11.9. The fraction of sp³-hybridized carbons (Fsp3) is 0.533. The number of carbonyl (C=O) groups is 1. The summed E-state index contributed by atoms with van der Waals surface area (Å²) in [7, 11) is 1.64. The van der Waals surface area contributed by atoms with Crippen LogP contribution in [0.4, 0.5) is 0 Å². The van der Waals surface area contributed by atoms with Gasteiger partial charge < -0.3 is 15.0 Å². The van der Waals surface area contributed by atoms with E-state index >= 15 is 0 Å². The maximum atomic E-state index is 12.4. The second-order valence-corrected chi connectivity index (χ2v) is 7.22. The van der Waals surface area contributed by atoms with E-state index < -0.39 is 0 Å². The van der Waals surface area contributed by atoms with Crippen molar-refractivity contribution in [3.05, 3.63) is 27.1 Å². The summed E-state index contributed by atoms with van der Waals surface area (Å²) < 4.78 is 1.41. The summed E-state index contributed by atoms with van der Waals surface area (Å²) in [5, 5.41) is 12.4. The van der Waals surface area contributed by atoms with Gasteiger partial charge in [-0.2, -0.15) is 0 Å². The molecule has 0 bridgehead atoms. The Morgan fingerprint density at radius 2 is 2.18 bits per heavy atom. The molecule has 0 spiro atoms. The van der Waals surface area contributed by atoms with Gasteiger partial charge in [0.15, 0.2) is 0 Å². The molecule has 6 nitrogen and oxygen atoms in total. The van der Waals surface area contributed by atoms with Gasteiger partial charge in [0.2, 0.25) is 0 Å². The minimum Gasteiger partial charge on any atom is -0.396 e. The molecule has 0 saturated heterocycles. The summed E-state index contributed by atoms with van der Waals surface area (Å²) in [5.41, 5.74) is 0.355. The number of nitrogens with one attached hydrogen (secondary N) is 1. The molecule has 0 aromatic carbocycles. The van der Waals surface area contributed by atoms with Gasteiger partial charge in [-0.3, -0.25) is 9.59 Å². The summed E-state index contributed by atoms with van der Waals surface area (Å²) in [6.45, 7) is 6.29. The van der Waals surface area contributed by atoms with Crippen LogP contribution in [0, 0.1) is 12.3 Å². The smallest absolute Gasteiger partial charge is 0.262 e. The zero-order valence-electron chi connectivity index (χ0n) is 13.3. The molecule has 22 heavy (non-hydrogen) atoms. The molecule has 7 heteroatoms. The van der Waals surface area contributed by atoms with Crippen LogP contribution in [0.5, 0.6) is 0 Å². The molecular formula is C15H21N3O3S. The Labute approximate surface area is 132 Å². The van der Waals surface area contributed by atoms with E-state index in [1.165, 1.54) is 22.2 Å². The minimum atomic E-state index is -0.200. The van der Waals surface area contributed by atoms with Crippen LogP contribution in [0.1, 0.15) is 35.5 Å². The second kappa shape index (κ2) is 6.18. The number of hydrogen-bond acceptors (Lipinski definition) is 5. The quantitative estimate of drug-likeness (QED) is 0.872. The summed E-state index contributed by atoms with van der Waals surface area (Å²) in [6.07, 6.45) is 2.08. The van der Waals surface area contributed by atoms with E-state index in [2.05, 4.69) is 10.3 Å². The number of hydrogen-bond donors (Lipinski definition) is 2. The van der Waals surface area contributed by atoms with E-state index in [1.54, 1.807) is 14.0 Å². The highest BCUT2D eigenvalue weighted by atomic mass is 32.1. The van der Waals surface area contributed by atoms with E-state index in [-0.39, 0.29) is 23.5 Å². The van der Waals surface area contributed by atoms with Crippen LogP contribution >= 0.6 is 11.3 Å². The number of aliphatic hydroxyl groups excluding tert-OH is 1. The topological polar surface area (TPSA) is 84.2 Å². The highest BCUT2D eigenvalue weighted by Gasteiger charge is 2.22. The number of carbonyl (C=O) groups excluding carboxylic acids is 1. The monoisotopic (exact) mass is 323 g/mol. The Hall–Kier alpha value is -1.73. The van der Waals surface area contributed by atoms with Crippen molar-refractivity contribution in [2.75, 3.05) is 13.2 Å². The number of aryl methyl sites for hydroxylation is 2. The van der Waals surface area contributed by atoms with Crippen molar-refractivity contribution >= 4 is 27.5 Å². The molecule has 0 aliphatic heterocycles. The lowest BCUT2D eigenvalue weighted by Crippen LogP contribution is -2.34. The first kappa shape index (κ1) is 16.6. The predicted octanol–water partition coefficient (Wildman–Crippen LogP) is 1.44. The molecule has 0 radical (unpaired) electrons. The Bertz CT molecular complexity index is 761. The van der Waals surface area contributed by atoms with Crippen LogP contribution in [0.15, 0.2) is 11.1 Å². The third-order valence-electron chi connectivity index (χ3n) is 3.73. The van der Waals surface area contributed by atoms with E-state index in [4.69, 9.17) is 5.11 Å². The van der Waals surface area contributed by atoms with Crippen LogP contribution in [0.25, 0.3) is 10.2 Å². The van der Waals surface area contributed by atoms with E-state index in [9.17, 15) is 9.59 Å². The molecule has 0 aliphatic rings. The number of amides is 1. The zero-order valence-corrected chi connectivity index (χ0v) is 14.1. The molecule has 2 aromatic rings. The van der Waals surface area contributed by atoms with E-state index in [0.29, 0.717) is 33.6 Å². The van der Waals surface area contributed by atoms with Gasteiger partial charge in [-0.1, -0.05) is 13.8 Å². The Balaban J connectivity index is 2.28. The third-order valence-corrected chi connectivity index (χ3v) is 4.93. The first-order valence-electron chi connectivity index (χ1n) is 7.10. The molecule has 2 aromatic heterocycles. The number of rotatable bonds is 5. The number of aromatic nitrogens is 2. The van der Waals surface area contributed by atoms with Crippen molar-refractivity contribution in [1.82, 2.24) is 14.9 Å². The number of thiophene rings is 1. The van der Waals surface area contributed by atoms with Gasteiger partial charge in [-0.15, -0.1) is 11.3 Å². The van der Waals surface area contributed by atoms with Gasteiger partial charge >= 0.3 is 0 Å². The minimum absolute atomic E-state index is 0.0880. The summed E-state index contributed by atoms with van der Waals surface area (Å²) in [4.78, 5) is 29.9. The maximum absolute atomic E-state index is 12.4. The molecule has 1 amide bonds. The first-order valence-corrected chi connectivity index (χ1v) is 7.92. The van der Waals surface area contributed by atoms with Gasteiger partial charge in [0.25, 0.3) is 11.5 Å². The molecule has 2 rings (SSSR count). The Morgan fingerprint density at radius 3 is 2.82 bits per heavy atom. The molecule has 0 atom stereocenters. The number of aliphatic hydroxyl groups is 1. The van der Waals surface area contributed by atoms with Crippen molar-refractivity contribution in [2.24, 2.45) is 12.5 Å². The third kappa shape index (κ3) is 3.20. The summed E-state index contributed by atoms with van der Waals surface area (Å²) in [5.74, 6) is -0.200. The van der Waals surface area contributed by atoms with Gasteiger partial charge in [0.05, 0.1) is 16.6 Å². The molecule has 0 saturated carbocycles. The van der Waals surface area contributed by atoms with E-state index in [1.807, 2.05) is 13.8 Å². The fourth-order valence-electron chi connectivity index (χ4n) is 2.22. The first-order chi connectivity index (χ1) is 10.3. The predicted molar refractivity (Wildman–Crippen MR) is 87.4 cm³/mol. The Morgan fingerprint density at radius 1 is 1.50 bits per heavy atom. The highest BCUT2D eigenvalue weighted by Crippen LogP contribution is 2.27. The zero-order chi connectivity index (χ0) is 16.5. The van der Waals surface area contributed by atoms with Crippen LogP contribution in [0.2, 0.25) is 0 Å². The van der Waals surface area contributed by atoms with Crippen LogP contribution < -0.4 is 10.9 Å². The lowest BCUT2D eigenvalue weighted by Gasteiger charge is -2.23. The van der Waals surface area contributed by atoms with Crippen LogP contribution in [0.3, 0.4) is 0 Å². The average molecular weight is 323 g/mol. The molecule has 0 aliphatic carbocycles. The van der Waals surface area contributed by atoms with Crippen molar-refractivity contribution < 1.29 is 9.90 Å². The van der Waals surface area contributed by atoms with Crippen molar-refractivity contribution in [1.29, 1.82) is 0 Å². The van der Waals surface area contributed by atoms with Crippen molar-refractivity contribution in [3.8, 4) is 0 Å². The molecule has 0 fully saturated rings. The second-order valence-electron chi connectivity index (χ2n) is 6.22. The van der Waals surface area contributed by atoms with E-state index in [0.717, 1.165) is 0 Å². The molecule has 2 heterocycles. The number of fused-ring (bicyclic) bond motifs is 1. The number of nitrogens with zero attached hydrogens (tertiary/aromatic N) is 2. The summed E-state index contributed by atoms with van der Waals surface area (Å²) in [6, 6.07) is 0. The van der Waals surface area contributed by atoms with Crippen LogP contribution in [-0.2, 0) is 7.05 Å².